The normalized spacial score (nSPS) is 19.8. The minimum absolute atomic E-state index is 0.0155. The summed E-state index contributed by atoms with van der Waals surface area (Å²) in [5.74, 6) is -1.44. The number of ether oxygens (including phenoxy) is 1. The first-order chi connectivity index (χ1) is 16.9. The van der Waals surface area contributed by atoms with E-state index >= 15 is 0 Å². The predicted octanol–water partition coefficient (Wildman–Crippen LogP) is 3.43. The van der Waals surface area contributed by atoms with Gasteiger partial charge >= 0.3 is 12.1 Å². The Morgan fingerprint density at radius 3 is 2.26 bits per heavy atom. The number of nitrogens with one attached hydrogen (secondary N) is 2. The highest BCUT2D eigenvalue weighted by Crippen LogP contribution is 2.44. The third-order valence-electron chi connectivity index (χ3n) is 6.95. The molecular formula is C27H32N2O6. The largest absolute Gasteiger partial charge is 0.481 e. The zero-order valence-corrected chi connectivity index (χ0v) is 19.6. The van der Waals surface area contributed by atoms with Crippen LogP contribution in [0.25, 0.3) is 11.1 Å². The lowest BCUT2D eigenvalue weighted by Gasteiger charge is -2.31. The van der Waals surface area contributed by atoms with Crippen molar-refractivity contribution in [3.63, 3.8) is 0 Å². The number of carbonyl (C=O) groups is 3. The van der Waals surface area contributed by atoms with Crippen molar-refractivity contribution in [3.8, 4) is 11.1 Å². The lowest BCUT2D eigenvalue weighted by molar-refractivity contribution is -0.139. The number of carbonyl (C=O) groups excluding carboxylic acids is 2. The number of hydrogen-bond acceptors (Lipinski definition) is 5. The second-order valence-electron chi connectivity index (χ2n) is 9.38. The first-order valence-corrected chi connectivity index (χ1v) is 12.2. The molecule has 0 radical (unpaired) electrons. The molecule has 2 amide bonds. The van der Waals surface area contributed by atoms with E-state index in [1.165, 1.54) is 11.1 Å². The summed E-state index contributed by atoms with van der Waals surface area (Å²) in [6.45, 7) is 0.127. The standard InChI is InChI=1S/C27H32N2O6/c30-18(14-26(32)33)15-28-25(31)13-17-7-1-6-12-24(17)29-27(34)35-16-23-21-10-4-2-8-19(21)20-9-3-5-11-22(20)23/h2-5,8-11,17-18,23-24,30H,1,6-7,12-16H2,(H,28,31)(H,29,34)(H,32,33). The molecule has 8 nitrogen and oxygen atoms in total. The molecule has 4 N–H and O–H groups in total. The summed E-state index contributed by atoms with van der Waals surface area (Å²) in [5.41, 5.74) is 4.64. The van der Waals surface area contributed by atoms with Crippen LogP contribution in [0.15, 0.2) is 48.5 Å². The summed E-state index contributed by atoms with van der Waals surface area (Å²) in [6.07, 6.45) is 1.68. The van der Waals surface area contributed by atoms with Crippen molar-refractivity contribution >= 4 is 18.0 Å². The molecule has 1 saturated carbocycles. The first kappa shape index (κ1) is 24.7. The van der Waals surface area contributed by atoms with Crippen LogP contribution in [0.3, 0.4) is 0 Å². The lowest BCUT2D eigenvalue weighted by Crippen LogP contribution is -2.44. The number of carboxylic acids is 1. The Hall–Kier alpha value is -3.39. The SMILES string of the molecule is O=C(O)CC(O)CNC(=O)CC1CCCCC1NC(=O)OCC1c2ccccc2-c2ccccc21. The zero-order valence-electron chi connectivity index (χ0n) is 19.6. The van der Waals surface area contributed by atoms with Crippen LogP contribution in [0.2, 0.25) is 0 Å². The molecule has 35 heavy (non-hydrogen) atoms. The molecule has 2 aromatic carbocycles. The topological polar surface area (TPSA) is 125 Å². The molecule has 0 bridgehead atoms. The van der Waals surface area contributed by atoms with Crippen molar-refractivity contribution in [1.82, 2.24) is 10.6 Å². The summed E-state index contributed by atoms with van der Waals surface area (Å²) in [4.78, 5) is 35.7. The van der Waals surface area contributed by atoms with Crippen molar-refractivity contribution in [3.05, 3.63) is 59.7 Å². The fourth-order valence-corrected chi connectivity index (χ4v) is 5.25. The number of benzene rings is 2. The van der Waals surface area contributed by atoms with Crippen LogP contribution in [-0.2, 0) is 14.3 Å². The van der Waals surface area contributed by atoms with Crippen molar-refractivity contribution in [1.29, 1.82) is 0 Å². The quantitative estimate of drug-likeness (QED) is 0.436. The average molecular weight is 481 g/mol. The highest BCUT2D eigenvalue weighted by Gasteiger charge is 2.31. The van der Waals surface area contributed by atoms with Crippen LogP contribution in [0.4, 0.5) is 4.79 Å². The van der Waals surface area contributed by atoms with Gasteiger partial charge in [0.1, 0.15) is 6.61 Å². The molecule has 0 aromatic heterocycles. The predicted molar refractivity (Wildman–Crippen MR) is 130 cm³/mol. The Morgan fingerprint density at radius 1 is 0.971 bits per heavy atom. The van der Waals surface area contributed by atoms with E-state index in [9.17, 15) is 19.5 Å². The van der Waals surface area contributed by atoms with E-state index in [1.54, 1.807) is 0 Å². The number of alkyl carbamates (subject to hydrolysis) is 1. The van der Waals surface area contributed by atoms with Gasteiger partial charge in [0.2, 0.25) is 5.91 Å². The van der Waals surface area contributed by atoms with Crippen LogP contribution in [0, 0.1) is 5.92 Å². The van der Waals surface area contributed by atoms with Gasteiger partial charge in [-0.05, 0) is 41.0 Å². The summed E-state index contributed by atoms with van der Waals surface area (Å²) in [7, 11) is 0. The van der Waals surface area contributed by atoms with Gasteiger partial charge in [0.15, 0.2) is 0 Å². The molecule has 0 spiro atoms. The molecule has 2 aromatic rings. The Labute approximate surface area is 204 Å². The van der Waals surface area contributed by atoms with Gasteiger partial charge in [-0.3, -0.25) is 9.59 Å². The maximum Gasteiger partial charge on any atom is 0.407 e. The number of amides is 2. The molecule has 8 heteroatoms. The molecule has 1 fully saturated rings. The third-order valence-corrected chi connectivity index (χ3v) is 6.95. The summed E-state index contributed by atoms with van der Waals surface area (Å²) >= 11 is 0. The van der Waals surface area contributed by atoms with E-state index in [1.807, 2.05) is 24.3 Å². The first-order valence-electron chi connectivity index (χ1n) is 12.2. The molecule has 4 rings (SSSR count). The van der Waals surface area contributed by atoms with Gasteiger partial charge in [-0.1, -0.05) is 61.4 Å². The lowest BCUT2D eigenvalue weighted by atomic mass is 9.82. The Balaban J connectivity index is 1.30. The molecule has 0 aliphatic heterocycles. The van der Waals surface area contributed by atoms with E-state index in [0.717, 1.165) is 36.8 Å². The Kier molecular flexibility index (Phi) is 8.02. The van der Waals surface area contributed by atoms with Gasteiger partial charge in [-0.15, -0.1) is 0 Å². The summed E-state index contributed by atoms with van der Waals surface area (Å²) in [6, 6.07) is 16.2. The minimum Gasteiger partial charge on any atom is -0.481 e. The van der Waals surface area contributed by atoms with Gasteiger partial charge in [-0.2, -0.15) is 0 Å². The van der Waals surface area contributed by atoms with Crippen LogP contribution < -0.4 is 10.6 Å². The molecule has 0 heterocycles. The number of fused-ring (bicyclic) bond motifs is 3. The fourth-order valence-electron chi connectivity index (χ4n) is 5.25. The Morgan fingerprint density at radius 2 is 1.60 bits per heavy atom. The summed E-state index contributed by atoms with van der Waals surface area (Å²) < 4.78 is 5.67. The van der Waals surface area contributed by atoms with E-state index in [-0.39, 0.29) is 43.4 Å². The van der Waals surface area contributed by atoms with Crippen LogP contribution in [0.1, 0.15) is 55.6 Å². The van der Waals surface area contributed by atoms with Gasteiger partial charge in [0.25, 0.3) is 0 Å². The molecule has 2 aliphatic rings. The third kappa shape index (κ3) is 6.19. The maximum atomic E-state index is 12.7. The number of aliphatic hydroxyl groups is 1. The van der Waals surface area contributed by atoms with Gasteiger partial charge in [-0.25, -0.2) is 4.79 Å². The van der Waals surface area contributed by atoms with Crippen LogP contribution in [0.5, 0.6) is 0 Å². The zero-order chi connectivity index (χ0) is 24.8. The van der Waals surface area contributed by atoms with E-state index in [0.29, 0.717) is 0 Å². The van der Waals surface area contributed by atoms with E-state index < -0.39 is 24.6 Å². The number of rotatable bonds is 9. The molecule has 186 valence electrons. The van der Waals surface area contributed by atoms with Gasteiger partial charge in [0.05, 0.1) is 12.5 Å². The summed E-state index contributed by atoms with van der Waals surface area (Å²) in [5, 5.41) is 23.9. The van der Waals surface area contributed by atoms with Crippen LogP contribution >= 0.6 is 0 Å². The molecular weight excluding hydrogens is 448 g/mol. The smallest absolute Gasteiger partial charge is 0.407 e. The average Bonchev–Trinajstić information content (AvgIpc) is 3.16. The Bertz CT molecular complexity index is 1030. The number of hydrogen-bond donors (Lipinski definition) is 4. The number of aliphatic carboxylic acids is 1. The second-order valence-corrected chi connectivity index (χ2v) is 9.38. The maximum absolute atomic E-state index is 12.7. The number of carboxylic acid groups (broad SMARTS) is 1. The van der Waals surface area contributed by atoms with Crippen LogP contribution in [-0.4, -0.2) is 53.5 Å². The van der Waals surface area contributed by atoms with Gasteiger partial charge in [0, 0.05) is 24.9 Å². The monoisotopic (exact) mass is 480 g/mol. The molecule has 3 atom stereocenters. The molecule has 0 saturated heterocycles. The van der Waals surface area contributed by atoms with Crippen molar-refractivity contribution in [2.75, 3.05) is 13.2 Å². The highest BCUT2D eigenvalue weighted by molar-refractivity contribution is 5.79. The van der Waals surface area contributed by atoms with E-state index in [2.05, 4.69) is 34.9 Å². The number of aliphatic hydroxyl groups excluding tert-OH is 1. The van der Waals surface area contributed by atoms with Crippen molar-refractivity contribution < 1.29 is 29.3 Å². The minimum atomic E-state index is -1.13. The fraction of sp³-hybridized carbons (Fsp3) is 0.444. The van der Waals surface area contributed by atoms with Gasteiger partial charge < -0.3 is 25.6 Å². The highest BCUT2D eigenvalue weighted by atomic mass is 16.5. The van der Waals surface area contributed by atoms with Crippen molar-refractivity contribution in [2.24, 2.45) is 5.92 Å². The van der Waals surface area contributed by atoms with E-state index in [4.69, 9.17) is 9.84 Å². The molecule has 3 unspecified atom stereocenters. The molecule has 2 aliphatic carbocycles. The second kappa shape index (κ2) is 11.4. The van der Waals surface area contributed by atoms with Crippen molar-refractivity contribution in [2.45, 2.75) is 56.6 Å².